The molecule has 0 aromatic heterocycles. The van der Waals surface area contributed by atoms with Crippen molar-refractivity contribution < 1.29 is 0 Å². The predicted molar refractivity (Wildman–Crippen MR) is 60.3 cm³/mol. The van der Waals surface area contributed by atoms with E-state index < -0.39 is 0 Å². The minimum Gasteiger partial charge on any atom is -0.309 e. The molecule has 0 saturated carbocycles. The van der Waals surface area contributed by atoms with E-state index in [2.05, 4.69) is 47.4 Å². The van der Waals surface area contributed by atoms with Gasteiger partial charge in [0.2, 0.25) is 0 Å². The van der Waals surface area contributed by atoms with Crippen molar-refractivity contribution in [1.82, 2.24) is 5.01 Å². The van der Waals surface area contributed by atoms with Gasteiger partial charge in [-0.1, -0.05) is 24.6 Å². The summed E-state index contributed by atoms with van der Waals surface area (Å²) in [6, 6.07) is 10.6. The Hall–Kier alpha value is -1.02. The molecule has 76 valence electrons. The standard InChI is InChI=1S/C12H18N2/c1-13(12-8-4-2-5-9-12)14-10-6-3-7-11-14/h2,4-5,8-9H,3,6-7,10-11H2,1H3. The minimum atomic E-state index is 1.20. The highest BCUT2D eigenvalue weighted by Crippen LogP contribution is 2.17. The summed E-state index contributed by atoms with van der Waals surface area (Å²) >= 11 is 0. The normalized spacial score (nSPS) is 18.1. The van der Waals surface area contributed by atoms with E-state index in [0.29, 0.717) is 0 Å². The van der Waals surface area contributed by atoms with Gasteiger partial charge in [-0.15, -0.1) is 0 Å². The van der Waals surface area contributed by atoms with E-state index in [1.165, 1.54) is 38.0 Å². The van der Waals surface area contributed by atoms with E-state index in [-0.39, 0.29) is 0 Å². The molecule has 2 rings (SSSR count). The molecule has 0 radical (unpaired) electrons. The first kappa shape index (κ1) is 9.53. The molecule has 0 atom stereocenters. The molecule has 14 heavy (non-hydrogen) atoms. The molecule has 1 aliphatic heterocycles. The average molecular weight is 190 g/mol. The van der Waals surface area contributed by atoms with Gasteiger partial charge < -0.3 is 5.01 Å². The second-order valence-corrected chi connectivity index (χ2v) is 3.87. The van der Waals surface area contributed by atoms with Gasteiger partial charge in [-0.3, -0.25) is 0 Å². The second-order valence-electron chi connectivity index (χ2n) is 3.87. The monoisotopic (exact) mass is 190 g/mol. The molecule has 1 fully saturated rings. The summed E-state index contributed by atoms with van der Waals surface area (Å²) in [6.07, 6.45) is 4.05. The van der Waals surface area contributed by atoms with E-state index in [1.54, 1.807) is 0 Å². The predicted octanol–water partition coefficient (Wildman–Crippen LogP) is 2.52. The Kier molecular flexibility index (Phi) is 3.04. The van der Waals surface area contributed by atoms with Gasteiger partial charge in [0.05, 0.1) is 5.69 Å². The molecule has 0 spiro atoms. The van der Waals surface area contributed by atoms with Gasteiger partial charge in [0, 0.05) is 20.1 Å². The number of hydrogen-bond acceptors (Lipinski definition) is 2. The van der Waals surface area contributed by atoms with Crippen LogP contribution in [0.3, 0.4) is 0 Å². The summed E-state index contributed by atoms with van der Waals surface area (Å²) in [6.45, 7) is 2.40. The van der Waals surface area contributed by atoms with Crippen LogP contribution in [0.1, 0.15) is 19.3 Å². The van der Waals surface area contributed by atoms with Gasteiger partial charge in [-0.05, 0) is 25.0 Å². The highest BCUT2D eigenvalue weighted by molar-refractivity contribution is 5.43. The molecule has 1 aromatic carbocycles. The first-order chi connectivity index (χ1) is 6.88. The maximum absolute atomic E-state index is 2.43. The Balaban J connectivity index is 2.03. The van der Waals surface area contributed by atoms with Crippen LogP contribution in [-0.2, 0) is 0 Å². The highest BCUT2D eigenvalue weighted by Gasteiger charge is 2.14. The molecule has 2 nitrogen and oxygen atoms in total. The zero-order chi connectivity index (χ0) is 9.80. The SMILES string of the molecule is CN(c1ccccc1)N1CCCCC1. The Morgan fingerprint density at radius 1 is 1.00 bits per heavy atom. The zero-order valence-corrected chi connectivity index (χ0v) is 8.82. The molecule has 0 amide bonds. The summed E-state index contributed by atoms with van der Waals surface area (Å²) in [5, 5.41) is 4.71. The first-order valence-electron chi connectivity index (χ1n) is 5.41. The van der Waals surface area contributed by atoms with E-state index in [1.807, 2.05) is 0 Å². The summed E-state index contributed by atoms with van der Waals surface area (Å²) in [5.74, 6) is 0. The fourth-order valence-corrected chi connectivity index (χ4v) is 1.98. The van der Waals surface area contributed by atoms with Crippen molar-refractivity contribution in [1.29, 1.82) is 0 Å². The van der Waals surface area contributed by atoms with Gasteiger partial charge in [0.1, 0.15) is 0 Å². The van der Waals surface area contributed by atoms with Crippen LogP contribution >= 0.6 is 0 Å². The number of nitrogens with zero attached hydrogens (tertiary/aromatic N) is 2. The van der Waals surface area contributed by atoms with E-state index in [9.17, 15) is 0 Å². The number of rotatable bonds is 2. The lowest BCUT2D eigenvalue weighted by Gasteiger charge is -2.36. The molecule has 0 unspecified atom stereocenters. The van der Waals surface area contributed by atoms with Crippen LogP contribution in [0.2, 0.25) is 0 Å². The van der Waals surface area contributed by atoms with Crippen molar-refractivity contribution >= 4 is 5.69 Å². The van der Waals surface area contributed by atoms with E-state index in [4.69, 9.17) is 0 Å². The van der Waals surface area contributed by atoms with Crippen LogP contribution in [-0.4, -0.2) is 25.1 Å². The van der Waals surface area contributed by atoms with Crippen LogP contribution in [0, 0.1) is 0 Å². The molecule has 0 bridgehead atoms. The molecule has 2 heteroatoms. The number of hydrogen-bond donors (Lipinski definition) is 0. The third-order valence-electron chi connectivity index (χ3n) is 2.89. The van der Waals surface area contributed by atoms with Crippen molar-refractivity contribution in [2.75, 3.05) is 25.1 Å². The Morgan fingerprint density at radius 2 is 1.64 bits per heavy atom. The van der Waals surface area contributed by atoms with Crippen LogP contribution in [0.15, 0.2) is 30.3 Å². The third-order valence-corrected chi connectivity index (χ3v) is 2.89. The fraction of sp³-hybridized carbons (Fsp3) is 0.500. The Labute approximate surface area is 86.1 Å². The maximum Gasteiger partial charge on any atom is 0.0518 e. The van der Waals surface area contributed by atoms with Crippen molar-refractivity contribution in [3.63, 3.8) is 0 Å². The van der Waals surface area contributed by atoms with Gasteiger partial charge in [-0.25, -0.2) is 5.01 Å². The average Bonchev–Trinajstić information content (AvgIpc) is 2.30. The smallest absolute Gasteiger partial charge is 0.0518 e. The molecule has 0 N–H and O–H groups in total. The number of anilines is 1. The van der Waals surface area contributed by atoms with E-state index in [0.717, 1.165) is 0 Å². The van der Waals surface area contributed by atoms with Crippen LogP contribution in [0.25, 0.3) is 0 Å². The first-order valence-corrected chi connectivity index (χ1v) is 5.41. The number of benzene rings is 1. The van der Waals surface area contributed by atoms with Gasteiger partial charge >= 0.3 is 0 Å². The lowest BCUT2D eigenvalue weighted by atomic mass is 10.2. The molecule has 1 aromatic rings. The molecule has 1 aliphatic rings. The van der Waals surface area contributed by atoms with Crippen molar-refractivity contribution in [2.45, 2.75) is 19.3 Å². The minimum absolute atomic E-state index is 1.20. The quantitative estimate of drug-likeness (QED) is 0.707. The highest BCUT2D eigenvalue weighted by atomic mass is 15.6. The molecular weight excluding hydrogens is 172 g/mol. The number of hydrazine groups is 1. The number of piperidine rings is 1. The van der Waals surface area contributed by atoms with E-state index >= 15 is 0 Å². The summed E-state index contributed by atoms with van der Waals surface area (Å²) in [7, 11) is 2.15. The van der Waals surface area contributed by atoms with Gasteiger partial charge in [0.15, 0.2) is 0 Å². The maximum atomic E-state index is 2.43. The van der Waals surface area contributed by atoms with Crippen LogP contribution in [0.4, 0.5) is 5.69 Å². The largest absolute Gasteiger partial charge is 0.309 e. The molecular formula is C12H18N2. The third kappa shape index (κ3) is 2.07. The Bertz CT molecular complexity index is 265. The fourth-order valence-electron chi connectivity index (χ4n) is 1.98. The summed E-state index contributed by atoms with van der Waals surface area (Å²) in [4.78, 5) is 0. The molecule has 1 saturated heterocycles. The second kappa shape index (κ2) is 4.47. The topological polar surface area (TPSA) is 6.48 Å². The zero-order valence-electron chi connectivity index (χ0n) is 8.82. The van der Waals surface area contributed by atoms with Crippen LogP contribution in [0.5, 0.6) is 0 Å². The summed E-state index contributed by atoms with van der Waals surface area (Å²) in [5.41, 5.74) is 1.29. The van der Waals surface area contributed by atoms with Crippen molar-refractivity contribution in [3.8, 4) is 0 Å². The van der Waals surface area contributed by atoms with Gasteiger partial charge in [0.25, 0.3) is 0 Å². The lowest BCUT2D eigenvalue weighted by molar-refractivity contribution is 0.220. The van der Waals surface area contributed by atoms with Crippen molar-refractivity contribution in [3.05, 3.63) is 30.3 Å². The molecule has 0 aliphatic carbocycles. The van der Waals surface area contributed by atoms with Crippen molar-refractivity contribution in [2.24, 2.45) is 0 Å². The van der Waals surface area contributed by atoms with Gasteiger partial charge in [-0.2, -0.15) is 0 Å². The Morgan fingerprint density at radius 3 is 2.29 bits per heavy atom. The lowest BCUT2D eigenvalue weighted by Crippen LogP contribution is -2.43. The van der Waals surface area contributed by atoms with Crippen LogP contribution < -0.4 is 5.01 Å². The summed E-state index contributed by atoms with van der Waals surface area (Å²) < 4.78 is 0. The number of para-hydroxylation sites is 1. The molecule has 1 heterocycles.